The second-order valence-electron chi connectivity index (χ2n) is 7.85. The zero-order chi connectivity index (χ0) is 20.1. The van der Waals surface area contributed by atoms with Gasteiger partial charge in [0.2, 0.25) is 5.91 Å². The molecule has 2 unspecified atom stereocenters. The van der Waals surface area contributed by atoms with Gasteiger partial charge in [-0.3, -0.25) is 4.79 Å². The Morgan fingerprint density at radius 1 is 1.21 bits per heavy atom. The smallest absolute Gasteiger partial charge is 0.317 e. The van der Waals surface area contributed by atoms with Crippen LogP contribution in [0.25, 0.3) is 0 Å². The molecule has 150 valence electrons. The Bertz CT molecular complexity index is 801. The topological polar surface area (TPSA) is 74.6 Å². The van der Waals surface area contributed by atoms with Crippen molar-refractivity contribution in [1.82, 2.24) is 15.5 Å². The minimum atomic E-state index is -0.257. The lowest BCUT2D eigenvalue weighted by atomic mass is 9.83. The standard InChI is InChI=1S/C22H29N3O3/c1-15(2)24-22(27)25-13-18(17-7-4-6-16(3)10-17)11-19(14-25)21(26)23-12-20-8-5-9-28-20/h4-10,15,18-19H,11-14H2,1-3H3,(H,23,26)(H,24,27). The molecule has 28 heavy (non-hydrogen) atoms. The molecule has 1 aliphatic rings. The van der Waals surface area contributed by atoms with Crippen molar-refractivity contribution in [2.24, 2.45) is 5.92 Å². The van der Waals surface area contributed by atoms with Crippen LogP contribution in [0.5, 0.6) is 0 Å². The van der Waals surface area contributed by atoms with Crippen LogP contribution < -0.4 is 10.6 Å². The summed E-state index contributed by atoms with van der Waals surface area (Å²) in [5.41, 5.74) is 2.35. The fourth-order valence-corrected chi connectivity index (χ4v) is 3.69. The predicted octanol–water partition coefficient (Wildman–Crippen LogP) is 3.43. The molecule has 1 aromatic heterocycles. The molecule has 0 radical (unpaired) electrons. The first-order valence-corrected chi connectivity index (χ1v) is 9.84. The third-order valence-corrected chi connectivity index (χ3v) is 5.05. The number of aryl methyl sites for hydroxylation is 1. The van der Waals surface area contributed by atoms with Crippen molar-refractivity contribution in [3.63, 3.8) is 0 Å². The average Bonchev–Trinajstić information content (AvgIpc) is 3.19. The molecule has 2 aromatic rings. The zero-order valence-corrected chi connectivity index (χ0v) is 16.8. The Kier molecular flexibility index (Phi) is 6.39. The van der Waals surface area contributed by atoms with E-state index in [0.29, 0.717) is 25.4 Å². The highest BCUT2D eigenvalue weighted by molar-refractivity contribution is 5.81. The van der Waals surface area contributed by atoms with Crippen LogP contribution in [0.2, 0.25) is 0 Å². The van der Waals surface area contributed by atoms with Crippen LogP contribution in [-0.2, 0) is 11.3 Å². The molecule has 0 spiro atoms. The van der Waals surface area contributed by atoms with E-state index in [2.05, 4.69) is 35.8 Å². The Morgan fingerprint density at radius 3 is 2.71 bits per heavy atom. The number of nitrogens with zero attached hydrogens (tertiary/aromatic N) is 1. The fourth-order valence-electron chi connectivity index (χ4n) is 3.69. The summed E-state index contributed by atoms with van der Waals surface area (Å²) in [5, 5.41) is 5.90. The number of rotatable bonds is 5. The molecule has 1 fully saturated rings. The second-order valence-corrected chi connectivity index (χ2v) is 7.85. The second kappa shape index (κ2) is 8.95. The van der Waals surface area contributed by atoms with Crippen molar-refractivity contribution in [2.45, 2.75) is 45.7 Å². The van der Waals surface area contributed by atoms with E-state index < -0.39 is 0 Å². The van der Waals surface area contributed by atoms with Crippen molar-refractivity contribution in [1.29, 1.82) is 0 Å². The highest BCUT2D eigenvalue weighted by Crippen LogP contribution is 2.31. The van der Waals surface area contributed by atoms with E-state index in [9.17, 15) is 9.59 Å². The van der Waals surface area contributed by atoms with Gasteiger partial charge in [0.1, 0.15) is 5.76 Å². The van der Waals surface area contributed by atoms with Crippen molar-refractivity contribution >= 4 is 11.9 Å². The molecule has 0 saturated carbocycles. The summed E-state index contributed by atoms with van der Waals surface area (Å²) in [7, 11) is 0. The number of piperidine rings is 1. The Hall–Kier alpha value is -2.76. The molecular weight excluding hydrogens is 354 g/mol. The molecule has 3 amide bonds. The van der Waals surface area contributed by atoms with Crippen LogP contribution in [0.4, 0.5) is 4.79 Å². The van der Waals surface area contributed by atoms with Gasteiger partial charge in [-0.1, -0.05) is 29.8 Å². The number of urea groups is 1. The third kappa shape index (κ3) is 5.15. The first-order chi connectivity index (χ1) is 13.4. The summed E-state index contributed by atoms with van der Waals surface area (Å²) < 4.78 is 5.29. The number of furan rings is 1. The number of amides is 3. The Labute approximate surface area is 166 Å². The summed E-state index contributed by atoms with van der Waals surface area (Å²) in [4.78, 5) is 27.2. The SMILES string of the molecule is Cc1cccc(C2CC(C(=O)NCc3ccco3)CN(C(=O)NC(C)C)C2)c1. The summed E-state index contributed by atoms with van der Waals surface area (Å²) in [6.45, 7) is 7.33. The lowest BCUT2D eigenvalue weighted by Crippen LogP contribution is -2.52. The molecular formula is C22H29N3O3. The predicted molar refractivity (Wildman–Crippen MR) is 108 cm³/mol. The molecule has 6 nitrogen and oxygen atoms in total. The van der Waals surface area contributed by atoms with Crippen molar-refractivity contribution in [3.8, 4) is 0 Å². The van der Waals surface area contributed by atoms with Crippen LogP contribution in [0.1, 0.15) is 43.1 Å². The number of hydrogen-bond acceptors (Lipinski definition) is 3. The number of carbonyl (C=O) groups is 2. The number of likely N-dealkylation sites (tertiary alicyclic amines) is 1. The van der Waals surface area contributed by atoms with Crippen molar-refractivity contribution in [2.75, 3.05) is 13.1 Å². The molecule has 1 saturated heterocycles. The van der Waals surface area contributed by atoms with E-state index in [1.54, 1.807) is 17.2 Å². The van der Waals surface area contributed by atoms with Gasteiger partial charge < -0.3 is 20.0 Å². The largest absolute Gasteiger partial charge is 0.467 e. The summed E-state index contributed by atoms with van der Waals surface area (Å²) in [6.07, 6.45) is 2.31. The lowest BCUT2D eigenvalue weighted by molar-refractivity contribution is -0.126. The van der Waals surface area contributed by atoms with Gasteiger partial charge in [0.15, 0.2) is 0 Å². The molecule has 6 heteroatoms. The maximum Gasteiger partial charge on any atom is 0.317 e. The van der Waals surface area contributed by atoms with Crippen molar-refractivity contribution in [3.05, 3.63) is 59.5 Å². The van der Waals surface area contributed by atoms with Gasteiger partial charge in [-0.2, -0.15) is 0 Å². The van der Waals surface area contributed by atoms with Crippen LogP contribution in [-0.4, -0.2) is 36.0 Å². The van der Waals surface area contributed by atoms with Gasteiger partial charge in [0, 0.05) is 25.0 Å². The minimum absolute atomic E-state index is 0.0453. The van der Waals surface area contributed by atoms with Crippen LogP contribution in [0.3, 0.4) is 0 Å². The van der Waals surface area contributed by atoms with Gasteiger partial charge in [-0.25, -0.2) is 4.79 Å². The van der Waals surface area contributed by atoms with E-state index >= 15 is 0 Å². The summed E-state index contributed by atoms with van der Waals surface area (Å²) in [6, 6.07) is 11.9. The lowest BCUT2D eigenvalue weighted by Gasteiger charge is -2.37. The number of nitrogens with one attached hydrogen (secondary N) is 2. The Balaban J connectivity index is 1.74. The Morgan fingerprint density at radius 2 is 2.04 bits per heavy atom. The average molecular weight is 383 g/mol. The molecule has 1 aliphatic heterocycles. The molecule has 2 N–H and O–H groups in total. The highest BCUT2D eigenvalue weighted by atomic mass is 16.3. The van der Waals surface area contributed by atoms with Crippen LogP contribution >= 0.6 is 0 Å². The molecule has 1 aromatic carbocycles. The van der Waals surface area contributed by atoms with Gasteiger partial charge in [0.25, 0.3) is 0 Å². The molecule has 0 aliphatic carbocycles. The highest BCUT2D eigenvalue weighted by Gasteiger charge is 2.34. The normalized spacial score (nSPS) is 19.5. The van der Waals surface area contributed by atoms with Gasteiger partial charge >= 0.3 is 6.03 Å². The third-order valence-electron chi connectivity index (χ3n) is 5.05. The van der Waals surface area contributed by atoms with E-state index in [1.165, 1.54) is 11.1 Å². The fraction of sp³-hybridized carbons (Fsp3) is 0.455. The van der Waals surface area contributed by atoms with Crippen molar-refractivity contribution < 1.29 is 14.0 Å². The molecule has 3 rings (SSSR count). The maximum atomic E-state index is 12.8. The number of carbonyl (C=O) groups excluding carboxylic acids is 2. The number of hydrogen-bond donors (Lipinski definition) is 2. The van der Waals surface area contributed by atoms with E-state index in [1.807, 2.05) is 26.0 Å². The first-order valence-electron chi connectivity index (χ1n) is 9.84. The maximum absolute atomic E-state index is 12.8. The zero-order valence-electron chi connectivity index (χ0n) is 16.8. The monoisotopic (exact) mass is 383 g/mol. The molecule has 2 heterocycles. The molecule has 0 bridgehead atoms. The van der Waals surface area contributed by atoms with E-state index in [-0.39, 0.29) is 29.8 Å². The van der Waals surface area contributed by atoms with E-state index in [0.717, 1.165) is 6.42 Å². The first kappa shape index (κ1) is 20.0. The van der Waals surface area contributed by atoms with Gasteiger partial charge in [0.05, 0.1) is 18.7 Å². The van der Waals surface area contributed by atoms with Gasteiger partial charge in [-0.05, 0) is 44.9 Å². The molecule has 2 atom stereocenters. The quantitative estimate of drug-likeness (QED) is 0.831. The minimum Gasteiger partial charge on any atom is -0.467 e. The number of benzene rings is 1. The summed E-state index contributed by atoms with van der Waals surface area (Å²) in [5.74, 6) is 0.544. The van der Waals surface area contributed by atoms with E-state index in [4.69, 9.17) is 4.42 Å². The summed E-state index contributed by atoms with van der Waals surface area (Å²) >= 11 is 0. The van der Waals surface area contributed by atoms with Gasteiger partial charge in [-0.15, -0.1) is 0 Å². The van der Waals surface area contributed by atoms with Crippen LogP contribution in [0.15, 0.2) is 47.1 Å². The van der Waals surface area contributed by atoms with Crippen LogP contribution in [0, 0.1) is 12.8 Å².